The minimum atomic E-state index is -0.878. The van der Waals surface area contributed by atoms with Crippen LogP contribution in [0.5, 0.6) is 0 Å². The third kappa shape index (κ3) is 5.74. The molecule has 2 N–H and O–H groups in total. The number of rotatable bonds is 6. The van der Waals surface area contributed by atoms with Gasteiger partial charge < -0.3 is 15.3 Å². The van der Waals surface area contributed by atoms with Crippen molar-refractivity contribution < 1.29 is 23.9 Å². The fraction of sp³-hybridized carbons (Fsp3) is 0.471. The van der Waals surface area contributed by atoms with Gasteiger partial charge in [0.25, 0.3) is 0 Å². The van der Waals surface area contributed by atoms with Gasteiger partial charge in [0.2, 0.25) is 11.8 Å². The Labute approximate surface area is 149 Å². The third-order valence-electron chi connectivity index (χ3n) is 4.02. The van der Waals surface area contributed by atoms with Crippen LogP contribution < -0.4 is 5.32 Å². The molecule has 1 fully saturated rings. The Bertz CT molecular complexity index is 638. The molecule has 1 aromatic rings. The van der Waals surface area contributed by atoms with Gasteiger partial charge in [0.1, 0.15) is 5.82 Å². The van der Waals surface area contributed by atoms with E-state index in [9.17, 15) is 18.8 Å². The second-order valence-corrected chi connectivity index (χ2v) is 7.30. The zero-order valence-corrected chi connectivity index (χ0v) is 14.7. The van der Waals surface area contributed by atoms with E-state index in [1.54, 1.807) is 11.8 Å². The monoisotopic (exact) mass is 368 g/mol. The molecule has 0 aliphatic carbocycles. The van der Waals surface area contributed by atoms with Crippen molar-refractivity contribution in [1.29, 1.82) is 0 Å². The predicted molar refractivity (Wildman–Crippen MR) is 93.9 cm³/mol. The van der Waals surface area contributed by atoms with E-state index in [4.69, 9.17) is 5.11 Å². The van der Waals surface area contributed by atoms with Crippen LogP contribution in [0.15, 0.2) is 24.3 Å². The van der Waals surface area contributed by atoms with Crippen LogP contribution in [0.2, 0.25) is 0 Å². The number of nitrogens with one attached hydrogen (secondary N) is 1. The Morgan fingerprint density at radius 3 is 2.68 bits per heavy atom. The number of piperidine rings is 1. The van der Waals surface area contributed by atoms with Crippen molar-refractivity contribution in [3.8, 4) is 0 Å². The summed E-state index contributed by atoms with van der Waals surface area (Å²) in [6.45, 7) is 2.48. The average Bonchev–Trinajstić information content (AvgIpc) is 2.61. The number of carboxylic acids is 1. The zero-order valence-electron chi connectivity index (χ0n) is 13.9. The molecular formula is C17H21FN2O4S. The number of aliphatic carboxylic acids is 1. The number of carbonyl (C=O) groups excluding carboxylic acids is 2. The first-order chi connectivity index (χ1) is 11.9. The van der Waals surface area contributed by atoms with Gasteiger partial charge in [-0.1, -0.05) is 0 Å². The lowest BCUT2D eigenvalue weighted by molar-refractivity contribution is -0.145. The topological polar surface area (TPSA) is 86.7 Å². The molecule has 0 spiro atoms. The van der Waals surface area contributed by atoms with E-state index in [2.05, 4.69) is 5.32 Å². The lowest BCUT2D eigenvalue weighted by atomic mass is 9.98. The van der Waals surface area contributed by atoms with Gasteiger partial charge in [0.15, 0.2) is 0 Å². The Hall–Kier alpha value is -2.09. The van der Waals surface area contributed by atoms with E-state index >= 15 is 0 Å². The maximum atomic E-state index is 12.8. The highest BCUT2D eigenvalue weighted by molar-refractivity contribution is 8.01. The SMILES string of the molecule is C[C@H](SCC(=O)Nc1ccc(F)cc1)C(=O)N1CCC[C@@H](C(=O)O)C1. The van der Waals surface area contributed by atoms with Crippen molar-refractivity contribution in [2.75, 3.05) is 24.2 Å². The number of hydrogen-bond donors (Lipinski definition) is 2. The van der Waals surface area contributed by atoms with Crippen molar-refractivity contribution in [1.82, 2.24) is 4.90 Å². The summed E-state index contributed by atoms with van der Waals surface area (Å²) in [5, 5.41) is 11.3. The Morgan fingerprint density at radius 2 is 2.04 bits per heavy atom. The molecule has 2 amide bonds. The number of anilines is 1. The summed E-state index contributed by atoms with van der Waals surface area (Å²) in [7, 11) is 0. The summed E-state index contributed by atoms with van der Waals surface area (Å²) in [6.07, 6.45) is 1.26. The number of carbonyl (C=O) groups is 3. The molecule has 136 valence electrons. The Balaban J connectivity index is 1.79. The van der Waals surface area contributed by atoms with Crippen LogP contribution in [-0.2, 0) is 14.4 Å². The van der Waals surface area contributed by atoms with E-state index in [1.807, 2.05) is 0 Å². The maximum absolute atomic E-state index is 12.8. The van der Waals surface area contributed by atoms with E-state index in [0.29, 0.717) is 25.1 Å². The normalized spacial score (nSPS) is 18.5. The number of benzene rings is 1. The van der Waals surface area contributed by atoms with Gasteiger partial charge in [-0.15, -0.1) is 11.8 Å². The Kier molecular flexibility index (Phi) is 6.81. The number of halogens is 1. The first-order valence-corrected chi connectivity index (χ1v) is 9.10. The zero-order chi connectivity index (χ0) is 18.4. The van der Waals surface area contributed by atoms with Crippen LogP contribution in [0.1, 0.15) is 19.8 Å². The van der Waals surface area contributed by atoms with Crippen molar-refractivity contribution in [3.63, 3.8) is 0 Å². The summed E-state index contributed by atoms with van der Waals surface area (Å²) < 4.78 is 12.8. The fourth-order valence-electron chi connectivity index (χ4n) is 2.64. The van der Waals surface area contributed by atoms with Gasteiger partial charge in [0.05, 0.1) is 16.9 Å². The molecule has 1 aliphatic heterocycles. The fourth-order valence-corrected chi connectivity index (χ4v) is 3.40. The molecule has 6 nitrogen and oxygen atoms in total. The first kappa shape index (κ1) is 19.2. The molecule has 0 unspecified atom stereocenters. The van der Waals surface area contributed by atoms with Crippen LogP contribution in [-0.4, -0.2) is 51.9 Å². The summed E-state index contributed by atoms with van der Waals surface area (Å²) in [6, 6.07) is 5.44. The summed E-state index contributed by atoms with van der Waals surface area (Å²) in [4.78, 5) is 37.0. The number of nitrogens with zero attached hydrogens (tertiary/aromatic N) is 1. The van der Waals surface area contributed by atoms with E-state index in [1.165, 1.54) is 36.0 Å². The predicted octanol–water partition coefficient (Wildman–Crippen LogP) is 2.21. The van der Waals surface area contributed by atoms with Gasteiger partial charge in [-0.2, -0.15) is 0 Å². The van der Waals surface area contributed by atoms with Gasteiger partial charge >= 0.3 is 5.97 Å². The number of carboxylic acid groups (broad SMARTS) is 1. The standard InChI is InChI=1S/C17H21FN2O4S/c1-11(16(22)20-8-2-3-12(9-20)17(23)24)25-10-15(21)19-14-6-4-13(18)5-7-14/h4-7,11-12H,2-3,8-10H2,1H3,(H,19,21)(H,23,24)/t11-,12+/m0/s1. The van der Waals surface area contributed by atoms with Crippen LogP contribution in [0.3, 0.4) is 0 Å². The molecule has 1 saturated heterocycles. The molecule has 2 rings (SSSR count). The molecule has 0 bridgehead atoms. The third-order valence-corrected chi connectivity index (χ3v) is 5.15. The number of likely N-dealkylation sites (tertiary alicyclic amines) is 1. The highest BCUT2D eigenvalue weighted by Crippen LogP contribution is 2.21. The van der Waals surface area contributed by atoms with Gasteiger partial charge in [-0.25, -0.2) is 4.39 Å². The van der Waals surface area contributed by atoms with E-state index < -0.39 is 17.1 Å². The second-order valence-electron chi connectivity index (χ2n) is 5.97. The number of thioether (sulfide) groups is 1. The van der Waals surface area contributed by atoms with E-state index in [0.717, 1.165) is 0 Å². The first-order valence-electron chi connectivity index (χ1n) is 8.05. The van der Waals surface area contributed by atoms with Crippen LogP contribution in [0, 0.1) is 11.7 Å². The lowest BCUT2D eigenvalue weighted by Gasteiger charge is -2.32. The van der Waals surface area contributed by atoms with Gasteiger partial charge in [0, 0.05) is 18.8 Å². The quantitative estimate of drug-likeness (QED) is 0.804. The van der Waals surface area contributed by atoms with Crippen molar-refractivity contribution in [3.05, 3.63) is 30.1 Å². The van der Waals surface area contributed by atoms with Crippen LogP contribution in [0.4, 0.5) is 10.1 Å². The molecule has 2 atom stereocenters. The molecular weight excluding hydrogens is 347 g/mol. The number of amides is 2. The van der Waals surface area contributed by atoms with Gasteiger partial charge in [-0.05, 0) is 44.0 Å². The molecule has 25 heavy (non-hydrogen) atoms. The molecule has 1 aliphatic rings. The van der Waals surface area contributed by atoms with Crippen LogP contribution in [0.25, 0.3) is 0 Å². The van der Waals surface area contributed by atoms with Gasteiger partial charge in [-0.3, -0.25) is 14.4 Å². The summed E-state index contributed by atoms with van der Waals surface area (Å²) >= 11 is 1.19. The lowest BCUT2D eigenvalue weighted by Crippen LogP contribution is -2.45. The van der Waals surface area contributed by atoms with Crippen LogP contribution >= 0.6 is 11.8 Å². The summed E-state index contributed by atoms with van der Waals surface area (Å²) in [5.74, 6) is -2.12. The second kappa shape index (κ2) is 8.84. The molecule has 8 heteroatoms. The minimum Gasteiger partial charge on any atom is -0.481 e. The average molecular weight is 368 g/mol. The number of hydrogen-bond acceptors (Lipinski definition) is 4. The molecule has 0 saturated carbocycles. The summed E-state index contributed by atoms with van der Waals surface area (Å²) in [5.41, 5.74) is 0.492. The van der Waals surface area contributed by atoms with E-state index in [-0.39, 0.29) is 29.9 Å². The van der Waals surface area contributed by atoms with Crippen molar-refractivity contribution in [2.24, 2.45) is 5.92 Å². The maximum Gasteiger partial charge on any atom is 0.308 e. The van der Waals surface area contributed by atoms with Crippen molar-refractivity contribution in [2.45, 2.75) is 25.0 Å². The molecule has 1 heterocycles. The highest BCUT2D eigenvalue weighted by atomic mass is 32.2. The molecule has 1 aromatic carbocycles. The smallest absolute Gasteiger partial charge is 0.308 e. The Morgan fingerprint density at radius 1 is 1.36 bits per heavy atom. The minimum absolute atomic E-state index is 0.0838. The molecule has 0 aromatic heterocycles. The highest BCUT2D eigenvalue weighted by Gasteiger charge is 2.30. The molecule has 0 radical (unpaired) electrons. The van der Waals surface area contributed by atoms with Crippen molar-refractivity contribution >= 4 is 35.2 Å². The largest absolute Gasteiger partial charge is 0.481 e.